The van der Waals surface area contributed by atoms with E-state index >= 15 is 0 Å². The van der Waals surface area contributed by atoms with Gasteiger partial charge in [-0.1, -0.05) is 12.1 Å². The van der Waals surface area contributed by atoms with Gasteiger partial charge >= 0.3 is 0 Å². The lowest BCUT2D eigenvalue weighted by Gasteiger charge is -1.98. The van der Waals surface area contributed by atoms with Crippen LogP contribution in [0.2, 0.25) is 0 Å². The predicted octanol–water partition coefficient (Wildman–Crippen LogP) is 3.33. The van der Waals surface area contributed by atoms with Crippen LogP contribution in [0.1, 0.15) is 12.5 Å². The predicted molar refractivity (Wildman–Crippen MR) is 58.3 cm³/mol. The number of hydrogen-bond acceptors (Lipinski definition) is 2. The Morgan fingerprint density at radius 3 is 3.00 bits per heavy atom. The quantitative estimate of drug-likeness (QED) is 0.821. The Balaban J connectivity index is 2.59. The van der Waals surface area contributed by atoms with Crippen LogP contribution in [0.4, 0.5) is 0 Å². The van der Waals surface area contributed by atoms with E-state index in [0.29, 0.717) is 6.42 Å². The zero-order chi connectivity index (χ0) is 10.1. The van der Waals surface area contributed by atoms with Gasteiger partial charge in [0.05, 0.1) is 4.47 Å². The number of carbonyl (C=O) groups excluding carboxylic acids is 1. The molecule has 2 rings (SSSR count). The summed E-state index contributed by atoms with van der Waals surface area (Å²) >= 11 is 3.39. The third-order valence-electron chi connectivity index (χ3n) is 2.07. The first kappa shape index (κ1) is 9.46. The Morgan fingerprint density at radius 1 is 1.50 bits per heavy atom. The lowest BCUT2D eigenvalue weighted by Crippen LogP contribution is -1.95. The number of rotatable bonds is 2. The first-order valence-corrected chi connectivity index (χ1v) is 5.12. The van der Waals surface area contributed by atoms with Gasteiger partial charge in [-0.2, -0.15) is 0 Å². The van der Waals surface area contributed by atoms with E-state index < -0.39 is 0 Å². The lowest BCUT2D eigenvalue weighted by atomic mass is 10.1. The van der Waals surface area contributed by atoms with E-state index in [-0.39, 0.29) is 5.78 Å². The van der Waals surface area contributed by atoms with E-state index in [9.17, 15) is 4.79 Å². The number of halogens is 1. The molecule has 0 aliphatic carbocycles. The summed E-state index contributed by atoms with van der Waals surface area (Å²) in [6, 6.07) is 5.81. The van der Waals surface area contributed by atoms with Crippen LogP contribution in [0.25, 0.3) is 11.0 Å². The van der Waals surface area contributed by atoms with Crippen LogP contribution in [-0.4, -0.2) is 5.78 Å². The molecule has 14 heavy (non-hydrogen) atoms. The summed E-state index contributed by atoms with van der Waals surface area (Å²) in [5.74, 6) is 0.144. The number of ketones is 1. The molecule has 0 aliphatic rings. The van der Waals surface area contributed by atoms with Gasteiger partial charge in [0.25, 0.3) is 0 Å². The van der Waals surface area contributed by atoms with Crippen molar-refractivity contribution in [1.29, 1.82) is 0 Å². The second kappa shape index (κ2) is 3.58. The molecule has 1 aromatic heterocycles. The molecule has 0 saturated carbocycles. The maximum absolute atomic E-state index is 11.0. The first-order chi connectivity index (χ1) is 6.68. The highest BCUT2D eigenvalue weighted by atomic mass is 79.9. The molecule has 2 nitrogen and oxygen atoms in total. The molecule has 0 saturated heterocycles. The standard InChI is InChI=1S/C11H9BrO2/c1-7(13)5-8-3-2-4-9-10(12)6-14-11(8)9/h2-4,6H,5H2,1H3. The van der Waals surface area contributed by atoms with Crippen LogP contribution in [0.15, 0.2) is 33.4 Å². The highest BCUT2D eigenvalue weighted by Crippen LogP contribution is 2.28. The van der Waals surface area contributed by atoms with Crippen molar-refractivity contribution in [2.24, 2.45) is 0 Å². The fourth-order valence-corrected chi connectivity index (χ4v) is 1.90. The molecule has 72 valence electrons. The highest BCUT2D eigenvalue weighted by molar-refractivity contribution is 9.10. The van der Waals surface area contributed by atoms with Crippen molar-refractivity contribution in [3.63, 3.8) is 0 Å². The molecule has 0 unspecified atom stereocenters. The fraction of sp³-hybridized carbons (Fsp3) is 0.182. The number of furan rings is 1. The minimum absolute atomic E-state index is 0.144. The van der Waals surface area contributed by atoms with E-state index in [2.05, 4.69) is 15.9 Å². The molecule has 1 heterocycles. The lowest BCUT2D eigenvalue weighted by molar-refractivity contribution is -0.116. The normalized spacial score (nSPS) is 10.7. The van der Waals surface area contributed by atoms with Crippen molar-refractivity contribution in [2.75, 3.05) is 0 Å². The summed E-state index contributed by atoms with van der Waals surface area (Å²) in [7, 11) is 0. The van der Waals surface area contributed by atoms with Crippen molar-refractivity contribution in [2.45, 2.75) is 13.3 Å². The van der Waals surface area contributed by atoms with E-state index in [1.807, 2.05) is 18.2 Å². The van der Waals surface area contributed by atoms with Crippen molar-refractivity contribution in [3.05, 3.63) is 34.5 Å². The molecular weight excluding hydrogens is 244 g/mol. The van der Waals surface area contributed by atoms with Crippen LogP contribution < -0.4 is 0 Å². The molecule has 2 aromatic rings. The van der Waals surface area contributed by atoms with E-state index in [0.717, 1.165) is 21.0 Å². The number of carbonyl (C=O) groups is 1. The van der Waals surface area contributed by atoms with Crippen LogP contribution in [0, 0.1) is 0 Å². The second-order valence-electron chi connectivity index (χ2n) is 3.26. The van der Waals surface area contributed by atoms with Crippen LogP contribution in [0.3, 0.4) is 0 Å². The smallest absolute Gasteiger partial charge is 0.138 e. The average Bonchev–Trinajstić information content (AvgIpc) is 2.49. The molecule has 0 radical (unpaired) electrons. The number of fused-ring (bicyclic) bond motifs is 1. The van der Waals surface area contributed by atoms with Crippen LogP contribution in [-0.2, 0) is 11.2 Å². The Hall–Kier alpha value is -1.09. The molecule has 0 bridgehead atoms. The largest absolute Gasteiger partial charge is 0.463 e. The Bertz CT molecular complexity index is 485. The topological polar surface area (TPSA) is 30.2 Å². The van der Waals surface area contributed by atoms with Gasteiger partial charge in [-0.15, -0.1) is 0 Å². The van der Waals surface area contributed by atoms with Gasteiger partial charge in [0, 0.05) is 17.4 Å². The zero-order valence-corrected chi connectivity index (χ0v) is 9.30. The molecule has 3 heteroatoms. The van der Waals surface area contributed by atoms with Gasteiger partial charge in [0.1, 0.15) is 17.6 Å². The van der Waals surface area contributed by atoms with E-state index in [4.69, 9.17) is 4.42 Å². The van der Waals surface area contributed by atoms with Crippen molar-refractivity contribution < 1.29 is 9.21 Å². The fourth-order valence-electron chi connectivity index (χ4n) is 1.49. The summed E-state index contributed by atoms with van der Waals surface area (Å²) in [5.41, 5.74) is 1.75. The second-order valence-corrected chi connectivity index (χ2v) is 4.11. The number of para-hydroxylation sites is 1. The molecule has 0 fully saturated rings. The molecule has 0 N–H and O–H groups in total. The van der Waals surface area contributed by atoms with Crippen LogP contribution >= 0.6 is 15.9 Å². The summed E-state index contributed by atoms with van der Waals surface area (Å²) in [4.78, 5) is 11.0. The van der Waals surface area contributed by atoms with E-state index in [1.165, 1.54) is 0 Å². The van der Waals surface area contributed by atoms with Gasteiger partial charge < -0.3 is 4.42 Å². The zero-order valence-electron chi connectivity index (χ0n) is 7.71. The minimum Gasteiger partial charge on any atom is -0.463 e. The molecule has 1 aromatic carbocycles. The monoisotopic (exact) mass is 252 g/mol. The van der Waals surface area contributed by atoms with E-state index in [1.54, 1.807) is 13.2 Å². The van der Waals surface area contributed by atoms with Crippen molar-refractivity contribution in [1.82, 2.24) is 0 Å². The summed E-state index contributed by atoms with van der Waals surface area (Å²) in [6.45, 7) is 1.58. The third-order valence-corrected chi connectivity index (χ3v) is 2.69. The first-order valence-electron chi connectivity index (χ1n) is 4.32. The Labute approximate surface area is 90.0 Å². The number of benzene rings is 1. The molecule has 0 aliphatic heterocycles. The summed E-state index contributed by atoms with van der Waals surface area (Å²) < 4.78 is 6.31. The third kappa shape index (κ3) is 1.60. The van der Waals surface area contributed by atoms with Gasteiger partial charge in [-0.25, -0.2) is 0 Å². The molecular formula is C11H9BrO2. The highest BCUT2D eigenvalue weighted by Gasteiger charge is 2.08. The van der Waals surface area contributed by atoms with Crippen LogP contribution in [0.5, 0.6) is 0 Å². The molecule has 0 spiro atoms. The SMILES string of the molecule is CC(=O)Cc1cccc2c(Br)coc12. The van der Waals surface area contributed by atoms with Gasteiger partial charge in [-0.05, 0) is 28.9 Å². The number of Topliss-reactive ketones (excluding diaryl/α,β-unsaturated/α-hetero) is 1. The maximum Gasteiger partial charge on any atom is 0.138 e. The molecule has 0 atom stereocenters. The van der Waals surface area contributed by atoms with Gasteiger partial charge in [0.15, 0.2) is 0 Å². The average molecular weight is 253 g/mol. The Morgan fingerprint density at radius 2 is 2.29 bits per heavy atom. The van der Waals surface area contributed by atoms with Crippen molar-refractivity contribution in [3.8, 4) is 0 Å². The van der Waals surface area contributed by atoms with Crippen molar-refractivity contribution >= 4 is 32.7 Å². The summed E-state index contributed by atoms with van der Waals surface area (Å²) in [5, 5.41) is 1.02. The number of hydrogen-bond donors (Lipinski definition) is 0. The van der Waals surface area contributed by atoms with Gasteiger partial charge in [-0.3, -0.25) is 4.79 Å². The molecule has 0 amide bonds. The summed E-state index contributed by atoms with van der Waals surface area (Å²) in [6.07, 6.45) is 2.07. The Kier molecular flexibility index (Phi) is 2.42. The minimum atomic E-state index is 0.144. The maximum atomic E-state index is 11.0. The van der Waals surface area contributed by atoms with Gasteiger partial charge in [0.2, 0.25) is 0 Å².